The van der Waals surface area contributed by atoms with Crippen LogP contribution < -0.4 is 10.9 Å². The molecule has 0 saturated heterocycles. The number of rotatable bonds is 13. The van der Waals surface area contributed by atoms with Gasteiger partial charge in [0.1, 0.15) is 0 Å². The molecule has 0 spiro atoms. The van der Waals surface area contributed by atoms with Crippen LogP contribution >= 0.6 is 0 Å². The van der Waals surface area contributed by atoms with Crippen LogP contribution in [0, 0.1) is 0 Å². The Labute approximate surface area is 142 Å². The van der Waals surface area contributed by atoms with Crippen molar-refractivity contribution >= 4 is 19.7 Å². The lowest BCUT2D eigenvalue weighted by Crippen LogP contribution is -2.57. The van der Waals surface area contributed by atoms with Crippen molar-refractivity contribution in [2.75, 3.05) is 25.6 Å². The predicted molar refractivity (Wildman–Crippen MR) is 98.8 cm³/mol. The molecule has 0 saturated carbocycles. The number of hydrogen-bond donors (Lipinski definition) is 1. The molecule has 0 bridgehead atoms. The molecule has 0 aliphatic heterocycles. The van der Waals surface area contributed by atoms with E-state index in [-0.39, 0.29) is 0 Å². The molecule has 1 rings (SSSR count). The fourth-order valence-electron chi connectivity index (χ4n) is 2.11. The van der Waals surface area contributed by atoms with E-state index in [1.807, 2.05) is 24.3 Å². The van der Waals surface area contributed by atoms with Crippen LogP contribution in [0.25, 0.3) is 0 Å². The first-order valence-electron chi connectivity index (χ1n) is 8.96. The standard InChI is InChI=1S/C18H33NO3Si/c1-4-7-14-20-23(21-15-8-5-2,22-16-9-6-3)18-12-10-17(19)11-13-18/h10-13H,4-9,14-16,19H2,1-3H3. The van der Waals surface area contributed by atoms with Crippen molar-refractivity contribution in [2.24, 2.45) is 0 Å². The van der Waals surface area contributed by atoms with Gasteiger partial charge < -0.3 is 19.0 Å². The first-order valence-corrected chi connectivity index (χ1v) is 10.7. The number of anilines is 1. The average Bonchev–Trinajstić information content (AvgIpc) is 2.56. The van der Waals surface area contributed by atoms with E-state index in [1.54, 1.807) is 0 Å². The summed E-state index contributed by atoms with van der Waals surface area (Å²) >= 11 is 0. The van der Waals surface area contributed by atoms with Crippen molar-refractivity contribution in [3.63, 3.8) is 0 Å². The Morgan fingerprint density at radius 1 is 0.739 bits per heavy atom. The normalized spacial score (nSPS) is 11.8. The summed E-state index contributed by atoms with van der Waals surface area (Å²) in [6.07, 6.45) is 6.32. The summed E-state index contributed by atoms with van der Waals surface area (Å²) in [4.78, 5) is 0. The minimum atomic E-state index is -2.86. The van der Waals surface area contributed by atoms with E-state index in [9.17, 15) is 0 Å². The Kier molecular flexibility index (Phi) is 10.2. The molecule has 23 heavy (non-hydrogen) atoms. The molecule has 1 aromatic rings. The molecule has 2 N–H and O–H groups in total. The number of nitrogen functional groups attached to an aromatic ring is 1. The maximum Gasteiger partial charge on any atom is 0.537 e. The van der Waals surface area contributed by atoms with Crippen molar-refractivity contribution in [3.05, 3.63) is 24.3 Å². The lowest BCUT2D eigenvalue weighted by atomic mass is 10.3. The summed E-state index contributed by atoms with van der Waals surface area (Å²) in [5, 5.41) is 1.01. The van der Waals surface area contributed by atoms with E-state index < -0.39 is 8.80 Å². The molecule has 0 atom stereocenters. The molecule has 0 aromatic heterocycles. The maximum atomic E-state index is 6.24. The molecule has 0 unspecified atom stereocenters. The quantitative estimate of drug-likeness (QED) is 0.337. The van der Waals surface area contributed by atoms with Crippen LogP contribution in [0.4, 0.5) is 5.69 Å². The average molecular weight is 340 g/mol. The first-order chi connectivity index (χ1) is 11.2. The summed E-state index contributed by atoms with van der Waals surface area (Å²) in [5.41, 5.74) is 6.57. The Balaban J connectivity index is 2.95. The van der Waals surface area contributed by atoms with Gasteiger partial charge in [-0.25, -0.2) is 0 Å². The molecule has 4 nitrogen and oxygen atoms in total. The molecule has 0 amide bonds. The van der Waals surface area contributed by atoms with Gasteiger partial charge in [-0.2, -0.15) is 0 Å². The van der Waals surface area contributed by atoms with Crippen LogP contribution in [0.5, 0.6) is 0 Å². The van der Waals surface area contributed by atoms with Gasteiger partial charge in [-0.1, -0.05) is 52.2 Å². The van der Waals surface area contributed by atoms with Gasteiger partial charge in [0.25, 0.3) is 0 Å². The third kappa shape index (κ3) is 7.04. The van der Waals surface area contributed by atoms with Gasteiger partial charge in [0.05, 0.1) is 0 Å². The summed E-state index contributed by atoms with van der Waals surface area (Å²) in [5.74, 6) is 0. The molecule has 0 aliphatic carbocycles. The third-order valence-corrected chi connectivity index (χ3v) is 6.43. The van der Waals surface area contributed by atoms with E-state index in [4.69, 9.17) is 19.0 Å². The number of nitrogens with two attached hydrogens (primary N) is 1. The van der Waals surface area contributed by atoms with Crippen molar-refractivity contribution in [1.82, 2.24) is 0 Å². The SMILES string of the molecule is CCCCO[Si](OCCCC)(OCCCC)c1ccc(N)cc1. The topological polar surface area (TPSA) is 53.7 Å². The monoisotopic (exact) mass is 339 g/mol. The minimum Gasteiger partial charge on any atom is -0.399 e. The Bertz CT molecular complexity index is 385. The highest BCUT2D eigenvalue weighted by Crippen LogP contribution is 2.15. The van der Waals surface area contributed by atoms with Crippen LogP contribution in [-0.4, -0.2) is 28.6 Å². The highest BCUT2D eigenvalue weighted by Gasteiger charge is 2.43. The molecule has 5 heteroatoms. The second kappa shape index (κ2) is 11.6. The summed E-state index contributed by atoms with van der Waals surface area (Å²) < 4.78 is 18.7. The van der Waals surface area contributed by atoms with Crippen LogP contribution in [-0.2, 0) is 13.3 Å². The smallest absolute Gasteiger partial charge is 0.399 e. The molecular weight excluding hydrogens is 306 g/mol. The minimum absolute atomic E-state index is 0.672. The van der Waals surface area contributed by atoms with Crippen molar-refractivity contribution < 1.29 is 13.3 Å². The number of unbranched alkanes of at least 4 members (excludes halogenated alkanes) is 3. The Morgan fingerprint density at radius 3 is 1.48 bits per heavy atom. The van der Waals surface area contributed by atoms with E-state index in [1.165, 1.54) is 0 Å². The maximum absolute atomic E-state index is 6.24. The molecule has 0 fully saturated rings. The zero-order valence-corrected chi connectivity index (χ0v) is 16.0. The second-order valence-electron chi connectivity index (χ2n) is 5.78. The molecule has 0 radical (unpaired) electrons. The number of hydrogen-bond acceptors (Lipinski definition) is 4. The molecule has 1 aromatic carbocycles. The summed E-state index contributed by atoms with van der Waals surface area (Å²) in [7, 11) is -2.86. The van der Waals surface area contributed by atoms with Gasteiger partial charge in [-0.15, -0.1) is 0 Å². The van der Waals surface area contributed by atoms with Crippen LogP contribution in [0.1, 0.15) is 59.3 Å². The van der Waals surface area contributed by atoms with E-state index in [0.717, 1.165) is 49.4 Å². The van der Waals surface area contributed by atoms with Gasteiger partial charge in [0, 0.05) is 30.7 Å². The van der Waals surface area contributed by atoms with Gasteiger partial charge in [-0.3, -0.25) is 0 Å². The lowest BCUT2D eigenvalue weighted by molar-refractivity contribution is 0.0700. The van der Waals surface area contributed by atoms with Crippen molar-refractivity contribution in [2.45, 2.75) is 59.3 Å². The fourth-order valence-corrected chi connectivity index (χ4v) is 4.68. The molecular formula is C18H33NO3Si. The van der Waals surface area contributed by atoms with E-state index in [0.29, 0.717) is 19.8 Å². The van der Waals surface area contributed by atoms with Gasteiger partial charge >= 0.3 is 8.80 Å². The van der Waals surface area contributed by atoms with Crippen LogP contribution in [0.3, 0.4) is 0 Å². The van der Waals surface area contributed by atoms with Gasteiger partial charge in [-0.05, 0) is 31.4 Å². The zero-order valence-electron chi connectivity index (χ0n) is 15.0. The fraction of sp³-hybridized carbons (Fsp3) is 0.667. The molecule has 0 heterocycles. The summed E-state index contributed by atoms with van der Waals surface area (Å²) in [6.45, 7) is 8.49. The highest BCUT2D eigenvalue weighted by atomic mass is 28.4. The molecule has 132 valence electrons. The number of benzene rings is 1. The summed E-state index contributed by atoms with van der Waals surface area (Å²) in [6, 6.07) is 7.77. The van der Waals surface area contributed by atoms with Crippen LogP contribution in [0.2, 0.25) is 0 Å². The van der Waals surface area contributed by atoms with Crippen molar-refractivity contribution in [1.29, 1.82) is 0 Å². The highest BCUT2D eigenvalue weighted by molar-refractivity contribution is 6.75. The Hall–Kier alpha value is -0.883. The zero-order chi connectivity index (χ0) is 17.0. The van der Waals surface area contributed by atoms with Gasteiger partial charge in [0.2, 0.25) is 0 Å². The van der Waals surface area contributed by atoms with Crippen LogP contribution in [0.15, 0.2) is 24.3 Å². The van der Waals surface area contributed by atoms with Crippen molar-refractivity contribution in [3.8, 4) is 0 Å². The molecule has 0 aliphatic rings. The second-order valence-corrected chi connectivity index (χ2v) is 8.34. The third-order valence-electron chi connectivity index (χ3n) is 3.63. The van der Waals surface area contributed by atoms with Gasteiger partial charge in [0.15, 0.2) is 0 Å². The van der Waals surface area contributed by atoms with E-state index >= 15 is 0 Å². The largest absolute Gasteiger partial charge is 0.537 e. The lowest BCUT2D eigenvalue weighted by Gasteiger charge is -2.30. The van der Waals surface area contributed by atoms with E-state index in [2.05, 4.69) is 20.8 Å². The first kappa shape index (κ1) is 20.2. The predicted octanol–water partition coefficient (Wildman–Crippen LogP) is 3.86. The Morgan fingerprint density at radius 2 is 1.13 bits per heavy atom.